The van der Waals surface area contributed by atoms with E-state index in [2.05, 4.69) is 16.6 Å². The summed E-state index contributed by atoms with van der Waals surface area (Å²) < 4.78 is 10.7. The van der Waals surface area contributed by atoms with Gasteiger partial charge in [-0.25, -0.2) is 4.79 Å². The number of unbranched alkanes of at least 4 members (excludes halogenated alkanes) is 1. The quantitative estimate of drug-likeness (QED) is 0.320. The SMILES string of the molecule is C#Cc1ccc(C(C(=O)Nc2ccc(OC)cc2)N(CCCC)C(=O)C(CC(C)C)NC(=O)OC(C)(C)C)cc1. The van der Waals surface area contributed by atoms with Crippen LogP contribution in [0.5, 0.6) is 5.75 Å². The highest BCUT2D eigenvalue weighted by Crippen LogP contribution is 2.27. The van der Waals surface area contributed by atoms with E-state index in [9.17, 15) is 14.4 Å². The van der Waals surface area contributed by atoms with Crippen LogP contribution in [0.3, 0.4) is 0 Å². The van der Waals surface area contributed by atoms with E-state index in [0.29, 0.717) is 42.0 Å². The van der Waals surface area contributed by atoms with Crippen molar-refractivity contribution >= 4 is 23.6 Å². The second-order valence-electron chi connectivity index (χ2n) is 11.1. The Kier molecular flexibility index (Phi) is 12.1. The predicted molar refractivity (Wildman–Crippen MR) is 158 cm³/mol. The second kappa shape index (κ2) is 15.0. The van der Waals surface area contributed by atoms with Crippen LogP contribution in [0, 0.1) is 18.3 Å². The van der Waals surface area contributed by atoms with E-state index >= 15 is 0 Å². The van der Waals surface area contributed by atoms with Crippen LogP contribution in [0.25, 0.3) is 0 Å². The summed E-state index contributed by atoms with van der Waals surface area (Å²) in [6.45, 7) is 11.6. The average molecular weight is 550 g/mol. The van der Waals surface area contributed by atoms with Gasteiger partial charge in [0.2, 0.25) is 5.91 Å². The molecule has 0 heterocycles. The molecular weight excluding hydrogens is 506 g/mol. The van der Waals surface area contributed by atoms with Crippen LogP contribution in [0.2, 0.25) is 0 Å². The molecule has 8 nitrogen and oxygen atoms in total. The molecule has 0 spiro atoms. The molecule has 0 aliphatic heterocycles. The smallest absolute Gasteiger partial charge is 0.408 e. The lowest BCUT2D eigenvalue weighted by molar-refractivity contribution is -0.141. The molecule has 2 aromatic carbocycles. The monoisotopic (exact) mass is 549 g/mol. The lowest BCUT2D eigenvalue weighted by atomic mass is 9.98. The molecule has 0 bridgehead atoms. The minimum atomic E-state index is -0.969. The fourth-order valence-electron chi connectivity index (χ4n) is 4.16. The van der Waals surface area contributed by atoms with Crippen molar-refractivity contribution in [2.75, 3.05) is 19.0 Å². The predicted octanol–water partition coefficient (Wildman–Crippen LogP) is 5.92. The Balaban J connectivity index is 2.53. The largest absolute Gasteiger partial charge is 0.497 e. The first-order chi connectivity index (χ1) is 18.9. The van der Waals surface area contributed by atoms with Gasteiger partial charge in [0.25, 0.3) is 5.91 Å². The van der Waals surface area contributed by atoms with Gasteiger partial charge in [0.1, 0.15) is 23.4 Å². The normalized spacial score (nSPS) is 12.6. The summed E-state index contributed by atoms with van der Waals surface area (Å²) in [5, 5.41) is 5.71. The van der Waals surface area contributed by atoms with Gasteiger partial charge in [0.15, 0.2) is 0 Å². The van der Waals surface area contributed by atoms with Crippen LogP contribution in [0.15, 0.2) is 48.5 Å². The Morgan fingerprint density at radius 2 is 1.65 bits per heavy atom. The molecule has 2 rings (SSSR count). The Morgan fingerprint density at radius 1 is 1.02 bits per heavy atom. The zero-order valence-corrected chi connectivity index (χ0v) is 24.7. The van der Waals surface area contributed by atoms with E-state index in [0.717, 1.165) is 6.42 Å². The van der Waals surface area contributed by atoms with Crippen LogP contribution in [0.1, 0.15) is 78.0 Å². The molecule has 0 saturated carbocycles. The van der Waals surface area contributed by atoms with Crippen LogP contribution >= 0.6 is 0 Å². The molecule has 2 N–H and O–H groups in total. The first-order valence-electron chi connectivity index (χ1n) is 13.7. The van der Waals surface area contributed by atoms with E-state index in [1.807, 2.05) is 20.8 Å². The van der Waals surface area contributed by atoms with Gasteiger partial charge >= 0.3 is 6.09 Å². The lowest BCUT2D eigenvalue weighted by Gasteiger charge is -2.35. The van der Waals surface area contributed by atoms with Gasteiger partial charge in [-0.3, -0.25) is 9.59 Å². The number of nitrogens with zero attached hydrogens (tertiary/aromatic N) is 1. The molecule has 40 heavy (non-hydrogen) atoms. The molecule has 8 heteroatoms. The van der Waals surface area contributed by atoms with Crippen molar-refractivity contribution in [1.82, 2.24) is 10.2 Å². The van der Waals surface area contributed by atoms with Gasteiger partial charge in [-0.15, -0.1) is 6.42 Å². The summed E-state index contributed by atoms with van der Waals surface area (Å²) in [4.78, 5) is 42.4. The number of anilines is 1. The highest BCUT2D eigenvalue weighted by Gasteiger charge is 2.36. The summed E-state index contributed by atoms with van der Waals surface area (Å²) in [5.41, 5.74) is 1.10. The molecule has 0 aromatic heterocycles. The Bertz CT molecular complexity index is 1160. The molecule has 0 radical (unpaired) electrons. The number of alkyl carbamates (subject to hydrolysis) is 1. The molecule has 2 aromatic rings. The van der Waals surface area contributed by atoms with E-state index < -0.39 is 23.8 Å². The van der Waals surface area contributed by atoms with Crippen LogP contribution in [0.4, 0.5) is 10.5 Å². The van der Waals surface area contributed by atoms with Crippen molar-refractivity contribution in [3.05, 3.63) is 59.7 Å². The van der Waals surface area contributed by atoms with Crippen molar-refractivity contribution in [2.45, 2.75) is 78.5 Å². The number of carbonyl (C=O) groups is 3. The highest BCUT2D eigenvalue weighted by atomic mass is 16.6. The molecule has 0 aliphatic rings. The number of hydrogen-bond donors (Lipinski definition) is 2. The lowest BCUT2D eigenvalue weighted by Crippen LogP contribution is -2.53. The first-order valence-corrected chi connectivity index (χ1v) is 13.7. The van der Waals surface area contributed by atoms with Gasteiger partial charge < -0.3 is 25.0 Å². The van der Waals surface area contributed by atoms with Gasteiger partial charge in [0.05, 0.1) is 7.11 Å². The topological polar surface area (TPSA) is 97.0 Å². The summed E-state index contributed by atoms with van der Waals surface area (Å²) in [5.74, 6) is 2.59. The molecule has 216 valence electrons. The Labute approximate surface area is 238 Å². The number of methoxy groups -OCH3 is 1. The fraction of sp³-hybridized carbons (Fsp3) is 0.469. The van der Waals surface area contributed by atoms with E-state index in [1.165, 1.54) is 0 Å². The minimum Gasteiger partial charge on any atom is -0.497 e. The summed E-state index contributed by atoms with van der Waals surface area (Å²) in [6, 6.07) is 12.1. The number of benzene rings is 2. The maximum atomic E-state index is 14.2. The van der Waals surface area contributed by atoms with Gasteiger partial charge in [-0.1, -0.05) is 45.2 Å². The summed E-state index contributed by atoms with van der Waals surface area (Å²) >= 11 is 0. The van der Waals surface area contributed by atoms with Gasteiger partial charge in [-0.2, -0.15) is 0 Å². The number of carbonyl (C=O) groups excluding carboxylic acids is 3. The zero-order chi connectivity index (χ0) is 29.9. The van der Waals surface area contributed by atoms with Crippen molar-refractivity contribution < 1.29 is 23.9 Å². The Hall–Kier alpha value is -3.99. The van der Waals surface area contributed by atoms with Crippen molar-refractivity contribution in [3.63, 3.8) is 0 Å². The fourth-order valence-corrected chi connectivity index (χ4v) is 4.16. The standard InChI is InChI=1S/C32H43N3O5/c1-9-11-20-35(30(37)27(21-22(3)4)34-31(38)40-32(5,6)7)28(24-14-12-23(10-2)13-15-24)29(36)33-25-16-18-26(39-8)19-17-25/h2,12-19,22,27-28H,9,11,20-21H2,1,3-8H3,(H,33,36)(H,34,38). The van der Waals surface area contributed by atoms with Crippen LogP contribution in [-0.2, 0) is 14.3 Å². The third kappa shape index (κ3) is 9.96. The van der Waals surface area contributed by atoms with Gasteiger partial charge in [-0.05, 0) is 81.5 Å². The average Bonchev–Trinajstić information content (AvgIpc) is 2.89. The van der Waals surface area contributed by atoms with E-state index in [4.69, 9.17) is 15.9 Å². The maximum absolute atomic E-state index is 14.2. The second-order valence-corrected chi connectivity index (χ2v) is 11.1. The van der Waals surface area contributed by atoms with Crippen LogP contribution in [-0.4, -0.2) is 48.1 Å². The Morgan fingerprint density at radius 3 is 2.15 bits per heavy atom. The molecule has 0 aliphatic carbocycles. The summed E-state index contributed by atoms with van der Waals surface area (Å²) in [6.07, 6.45) is 6.73. The van der Waals surface area contributed by atoms with Gasteiger partial charge in [0, 0.05) is 17.8 Å². The molecular formula is C32H43N3O5. The number of hydrogen-bond acceptors (Lipinski definition) is 5. The van der Waals surface area contributed by atoms with Crippen molar-refractivity contribution in [1.29, 1.82) is 0 Å². The third-order valence-electron chi connectivity index (χ3n) is 6.04. The number of amides is 3. The van der Waals surface area contributed by atoms with Crippen molar-refractivity contribution in [3.8, 4) is 18.1 Å². The summed E-state index contributed by atoms with van der Waals surface area (Å²) in [7, 11) is 1.57. The third-order valence-corrected chi connectivity index (χ3v) is 6.04. The van der Waals surface area contributed by atoms with E-state index in [-0.39, 0.29) is 17.7 Å². The number of rotatable bonds is 12. The zero-order valence-electron chi connectivity index (χ0n) is 24.7. The van der Waals surface area contributed by atoms with Crippen molar-refractivity contribution in [2.24, 2.45) is 5.92 Å². The van der Waals surface area contributed by atoms with E-state index in [1.54, 1.807) is 81.3 Å². The molecule has 2 unspecified atom stereocenters. The molecule has 0 fully saturated rings. The highest BCUT2D eigenvalue weighted by molar-refractivity contribution is 5.99. The number of terminal acetylenes is 1. The first kappa shape index (κ1) is 32.2. The number of ether oxygens (including phenoxy) is 2. The van der Waals surface area contributed by atoms with Crippen LogP contribution < -0.4 is 15.4 Å². The number of nitrogens with one attached hydrogen (secondary N) is 2. The molecule has 0 saturated heterocycles. The molecule has 2 atom stereocenters. The molecule has 3 amide bonds. The maximum Gasteiger partial charge on any atom is 0.408 e. The minimum absolute atomic E-state index is 0.0957.